The minimum Gasteiger partial charge on any atom is -0.479 e. The van der Waals surface area contributed by atoms with Gasteiger partial charge in [-0.25, -0.2) is 9.97 Å². The molecular formula is C14H10N2O2S. The molecule has 0 amide bonds. The number of aromatic nitrogens is 2. The van der Waals surface area contributed by atoms with Crippen LogP contribution in [0.5, 0.6) is 5.88 Å². The summed E-state index contributed by atoms with van der Waals surface area (Å²) in [6.07, 6.45) is 2.99. The van der Waals surface area contributed by atoms with E-state index in [0.29, 0.717) is 4.88 Å². The Morgan fingerprint density at radius 1 is 1.21 bits per heavy atom. The molecule has 0 bridgehead atoms. The summed E-state index contributed by atoms with van der Waals surface area (Å²) < 4.78 is 6.15. The van der Waals surface area contributed by atoms with Crippen LogP contribution in [0.15, 0.2) is 42.7 Å². The van der Waals surface area contributed by atoms with Crippen molar-refractivity contribution in [2.75, 3.05) is 7.11 Å². The Labute approximate surface area is 113 Å². The number of benzene rings is 1. The molecule has 0 fully saturated rings. The first kappa shape index (κ1) is 11.8. The minimum absolute atomic E-state index is 0.161. The van der Waals surface area contributed by atoms with Gasteiger partial charge in [-0.2, -0.15) is 0 Å². The second-order valence-electron chi connectivity index (χ2n) is 3.89. The van der Waals surface area contributed by atoms with Gasteiger partial charge >= 0.3 is 0 Å². The summed E-state index contributed by atoms with van der Waals surface area (Å²) in [5.74, 6) is 0.0936. The van der Waals surface area contributed by atoms with Crippen molar-refractivity contribution in [3.8, 4) is 5.88 Å². The van der Waals surface area contributed by atoms with Crippen LogP contribution in [-0.4, -0.2) is 22.9 Å². The van der Waals surface area contributed by atoms with Gasteiger partial charge in [0, 0.05) is 17.1 Å². The first-order chi connectivity index (χ1) is 9.29. The van der Waals surface area contributed by atoms with Gasteiger partial charge in [0.1, 0.15) is 0 Å². The fourth-order valence-electron chi connectivity index (χ4n) is 1.84. The molecule has 0 radical (unpaired) electrons. The van der Waals surface area contributed by atoms with E-state index in [-0.39, 0.29) is 17.4 Å². The summed E-state index contributed by atoms with van der Waals surface area (Å²) >= 11 is 1.45. The highest BCUT2D eigenvalue weighted by molar-refractivity contribution is 7.21. The molecule has 4 nitrogen and oxygen atoms in total. The smallest absolute Gasteiger partial charge is 0.243 e. The minimum atomic E-state index is -0.161. The van der Waals surface area contributed by atoms with Crippen molar-refractivity contribution in [3.63, 3.8) is 0 Å². The lowest BCUT2D eigenvalue weighted by atomic mass is 10.2. The van der Waals surface area contributed by atoms with Gasteiger partial charge in [0.2, 0.25) is 11.7 Å². The number of carbonyl (C=O) groups excluding carboxylic acids is 1. The number of ether oxygens (including phenoxy) is 1. The predicted octanol–water partition coefficient (Wildman–Crippen LogP) is 2.93. The third-order valence-electron chi connectivity index (χ3n) is 2.72. The van der Waals surface area contributed by atoms with E-state index in [2.05, 4.69) is 9.97 Å². The lowest BCUT2D eigenvalue weighted by Crippen LogP contribution is -2.06. The molecule has 0 atom stereocenters. The second kappa shape index (κ2) is 4.78. The van der Waals surface area contributed by atoms with E-state index in [4.69, 9.17) is 4.74 Å². The number of rotatable bonds is 3. The van der Waals surface area contributed by atoms with Crippen molar-refractivity contribution in [1.82, 2.24) is 9.97 Å². The molecule has 0 aliphatic carbocycles. The van der Waals surface area contributed by atoms with Crippen molar-refractivity contribution in [3.05, 3.63) is 53.3 Å². The topological polar surface area (TPSA) is 52.1 Å². The molecule has 3 aromatic rings. The lowest BCUT2D eigenvalue weighted by Gasteiger charge is -2.02. The number of hydrogen-bond acceptors (Lipinski definition) is 5. The van der Waals surface area contributed by atoms with E-state index in [9.17, 15) is 4.79 Å². The molecular weight excluding hydrogens is 260 g/mol. The highest BCUT2D eigenvalue weighted by Gasteiger charge is 2.19. The molecule has 2 aromatic heterocycles. The molecule has 1 aromatic carbocycles. The van der Waals surface area contributed by atoms with Gasteiger partial charge in [-0.1, -0.05) is 18.2 Å². The third kappa shape index (κ3) is 2.08. The van der Waals surface area contributed by atoms with Crippen molar-refractivity contribution in [2.24, 2.45) is 0 Å². The Kier molecular flexibility index (Phi) is 2.97. The molecule has 19 heavy (non-hydrogen) atoms. The van der Waals surface area contributed by atoms with Crippen LogP contribution in [0.1, 0.15) is 15.4 Å². The number of nitrogens with zero attached hydrogens (tertiary/aromatic N) is 2. The molecule has 0 spiro atoms. The molecule has 0 unspecified atom stereocenters. The maximum atomic E-state index is 12.4. The van der Waals surface area contributed by atoms with Crippen LogP contribution >= 0.6 is 11.3 Å². The van der Waals surface area contributed by atoms with Gasteiger partial charge in [0.25, 0.3) is 0 Å². The number of thiophene rings is 1. The molecule has 0 saturated carbocycles. The zero-order valence-corrected chi connectivity index (χ0v) is 11.0. The quantitative estimate of drug-likeness (QED) is 0.687. The van der Waals surface area contributed by atoms with E-state index in [1.807, 2.05) is 30.3 Å². The fourth-order valence-corrected chi connectivity index (χ4v) is 2.84. The van der Waals surface area contributed by atoms with E-state index in [0.717, 1.165) is 10.1 Å². The Hall–Kier alpha value is -2.27. The summed E-state index contributed by atoms with van der Waals surface area (Å²) in [6.45, 7) is 0. The van der Waals surface area contributed by atoms with Crippen LogP contribution in [0.25, 0.3) is 10.1 Å². The molecule has 0 aliphatic rings. The molecule has 0 N–H and O–H groups in total. The largest absolute Gasteiger partial charge is 0.479 e. The van der Waals surface area contributed by atoms with Crippen molar-refractivity contribution < 1.29 is 9.53 Å². The first-order valence-corrected chi connectivity index (χ1v) is 6.49. The van der Waals surface area contributed by atoms with Crippen molar-refractivity contribution in [1.29, 1.82) is 0 Å². The van der Waals surface area contributed by atoms with Gasteiger partial charge < -0.3 is 4.74 Å². The van der Waals surface area contributed by atoms with E-state index >= 15 is 0 Å². The molecule has 3 rings (SSSR count). The maximum Gasteiger partial charge on any atom is 0.243 e. The van der Waals surface area contributed by atoms with E-state index < -0.39 is 0 Å². The summed E-state index contributed by atoms with van der Waals surface area (Å²) in [7, 11) is 1.48. The monoisotopic (exact) mass is 270 g/mol. The zero-order valence-electron chi connectivity index (χ0n) is 10.2. The highest BCUT2D eigenvalue weighted by atomic mass is 32.1. The SMILES string of the molecule is COc1nccnc1C(=O)c1cc2ccccc2s1. The predicted molar refractivity (Wildman–Crippen MR) is 73.8 cm³/mol. The number of fused-ring (bicyclic) bond motifs is 1. The molecule has 2 heterocycles. The summed E-state index contributed by atoms with van der Waals surface area (Å²) in [4.78, 5) is 21.1. The number of ketones is 1. The van der Waals surface area contributed by atoms with Gasteiger partial charge in [0.15, 0.2) is 5.69 Å². The molecule has 94 valence electrons. The zero-order chi connectivity index (χ0) is 13.2. The fraction of sp³-hybridized carbons (Fsp3) is 0.0714. The normalized spacial score (nSPS) is 10.6. The van der Waals surface area contributed by atoms with Gasteiger partial charge in [-0.3, -0.25) is 4.79 Å². The lowest BCUT2D eigenvalue weighted by molar-refractivity contribution is 0.103. The van der Waals surface area contributed by atoms with Gasteiger partial charge in [-0.15, -0.1) is 11.3 Å². The van der Waals surface area contributed by atoms with Crippen LogP contribution in [0.2, 0.25) is 0 Å². The van der Waals surface area contributed by atoms with Crippen LogP contribution in [0.3, 0.4) is 0 Å². The average Bonchev–Trinajstić information content (AvgIpc) is 2.90. The summed E-state index contributed by atoms with van der Waals surface area (Å²) in [5, 5.41) is 1.05. The maximum absolute atomic E-state index is 12.4. The molecule has 0 aliphatic heterocycles. The Bertz CT molecular complexity index is 719. The standard InChI is InChI=1S/C14H10N2O2S/c1-18-14-12(15-6-7-16-14)13(17)11-8-9-4-2-3-5-10(9)19-11/h2-8H,1H3. The molecule has 0 saturated heterocycles. The Morgan fingerprint density at radius 2 is 2.00 bits per heavy atom. The Morgan fingerprint density at radius 3 is 2.79 bits per heavy atom. The second-order valence-corrected chi connectivity index (χ2v) is 4.98. The van der Waals surface area contributed by atoms with Crippen LogP contribution < -0.4 is 4.74 Å². The van der Waals surface area contributed by atoms with Gasteiger partial charge in [-0.05, 0) is 17.5 Å². The molecule has 5 heteroatoms. The first-order valence-electron chi connectivity index (χ1n) is 5.68. The van der Waals surface area contributed by atoms with E-state index in [1.54, 1.807) is 0 Å². The summed E-state index contributed by atoms with van der Waals surface area (Å²) in [6, 6.07) is 9.75. The van der Waals surface area contributed by atoms with E-state index in [1.165, 1.54) is 30.8 Å². The van der Waals surface area contributed by atoms with Crippen LogP contribution in [-0.2, 0) is 0 Å². The Balaban J connectivity index is 2.08. The van der Waals surface area contributed by atoms with Crippen molar-refractivity contribution in [2.45, 2.75) is 0 Å². The van der Waals surface area contributed by atoms with Gasteiger partial charge in [0.05, 0.1) is 12.0 Å². The number of methoxy groups -OCH3 is 1. The van der Waals surface area contributed by atoms with Crippen molar-refractivity contribution >= 4 is 27.2 Å². The average molecular weight is 270 g/mol. The number of carbonyl (C=O) groups is 1. The van der Waals surface area contributed by atoms with Crippen LogP contribution in [0.4, 0.5) is 0 Å². The third-order valence-corrected chi connectivity index (χ3v) is 3.84. The highest BCUT2D eigenvalue weighted by Crippen LogP contribution is 2.28. The summed E-state index contributed by atoms with van der Waals surface area (Å²) in [5.41, 5.74) is 0.247. The number of hydrogen-bond donors (Lipinski definition) is 0. The van der Waals surface area contributed by atoms with Crippen LogP contribution in [0, 0.1) is 0 Å².